The van der Waals surface area contributed by atoms with E-state index in [1.165, 1.54) is 5.56 Å². The van der Waals surface area contributed by atoms with E-state index >= 15 is 0 Å². The van der Waals surface area contributed by atoms with Crippen LogP contribution in [0.5, 0.6) is 0 Å². The van der Waals surface area contributed by atoms with E-state index in [0.29, 0.717) is 11.9 Å². The average Bonchev–Trinajstić information content (AvgIpc) is 2.85. The Bertz CT molecular complexity index is 485. The van der Waals surface area contributed by atoms with Crippen LogP contribution in [0.1, 0.15) is 32.0 Å². The summed E-state index contributed by atoms with van der Waals surface area (Å²) in [6.07, 6.45) is 2.77. The number of aryl methyl sites for hydroxylation is 1. The van der Waals surface area contributed by atoms with Crippen LogP contribution in [0.3, 0.4) is 0 Å². The van der Waals surface area contributed by atoms with Gasteiger partial charge in [-0.25, -0.2) is 4.98 Å². The van der Waals surface area contributed by atoms with Crippen LogP contribution in [-0.4, -0.2) is 11.0 Å². The van der Waals surface area contributed by atoms with Crippen molar-refractivity contribution in [3.05, 3.63) is 41.8 Å². The first-order valence-corrected chi connectivity index (χ1v) is 6.46. The summed E-state index contributed by atoms with van der Waals surface area (Å²) in [5.41, 5.74) is 3.30. The van der Waals surface area contributed by atoms with E-state index in [2.05, 4.69) is 55.3 Å². The van der Waals surface area contributed by atoms with Gasteiger partial charge in [-0.2, -0.15) is 0 Å². The lowest BCUT2D eigenvalue weighted by molar-refractivity contribution is 0.560. The molecule has 1 heterocycles. The molecule has 0 amide bonds. The minimum Gasteiger partial charge on any atom is -0.444 e. The van der Waals surface area contributed by atoms with E-state index in [0.717, 1.165) is 24.2 Å². The van der Waals surface area contributed by atoms with Crippen molar-refractivity contribution < 1.29 is 4.42 Å². The first-order chi connectivity index (χ1) is 8.69. The predicted molar refractivity (Wildman–Crippen MR) is 73.3 cm³/mol. The molecule has 3 nitrogen and oxygen atoms in total. The molecule has 0 radical (unpaired) electrons. The topological polar surface area (TPSA) is 38.1 Å². The molecule has 0 saturated carbocycles. The van der Waals surface area contributed by atoms with Crippen LogP contribution < -0.4 is 5.32 Å². The summed E-state index contributed by atoms with van der Waals surface area (Å²) in [6, 6.07) is 8.81. The number of hydrogen-bond acceptors (Lipinski definition) is 3. The largest absolute Gasteiger partial charge is 0.444 e. The van der Waals surface area contributed by atoms with Crippen LogP contribution >= 0.6 is 0 Å². The van der Waals surface area contributed by atoms with Gasteiger partial charge in [-0.05, 0) is 24.1 Å². The van der Waals surface area contributed by atoms with Crippen molar-refractivity contribution in [1.82, 2.24) is 10.3 Å². The van der Waals surface area contributed by atoms with Gasteiger partial charge in [-0.3, -0.25) is 0 Å². The van der Waals surface area contributed by atoms with E-state index < -0.39 is 0 Å². The Morgan fingerprint density at radius 1 is 1.22 bits per heavy atom. The third-order valence-electron chi connectivity index (χ3n) is 2.85. The quantitative estimate of drug-likeness (QED) is 0.876. The van der Waals surface area contributed by atoms with Gasteiger partial charge in [-0.15, -0.1) is 0 Å². The zero-order valence-electron chi connectivity index (χ0n) is 11.2. The monoisotopic (exact) mass is 244 g/mol. The van der Waals surface area contributed by atoms with Gasteiger partial charge in [0, 0.05) is 18.2 Å². The van der Waals surface area contributed by atoms with Crippen LogP contribution in [0.4, 0.5) is 0 Å². The van der Waals surface area contributed by atoms with Gasteiger partial charge in [0.15, 0.2) is 0 Å². The molecule has 18 heavy (non-hydrogen) atoms. The fraction of sp³-hybridized carbons (Fsp3) is 0.400. The van der Waals surface area contributed by atoms with Gasteiger partial charge in [0.25, 0.3) is 0 Å². The van der Waals surface area contributed by atoms with Crippen molar-refractivity contribution in [3.8, 4) is 11.5 Å². The van der Waals surface area contributed by atoms with Crippen molar-refractivity contribution >= 4 is 0 Å². The third-order valence-corrected chi connectivity index (χ3v) is 2.85. The van der Waals surface area contributed by atoms with E-state index in [9.17, 15) is 0 Å². The van der Waals surface area contributed by atoms with Crippen LogP contribution in [-0.2, 0) is 13.0 Å². The number of aromatic nitrogens is 1. The summed E-state index contributed by atoms with van der Waals surface area (Å²) in [7, 11) is 0. The van der Waals surface area contributed by atoms with E-state index in [-0.39, 0.29) is 0 Å². The summed E-state index contributed by atoms with van der Waals surface area (Å²) < 4.78 is 5.51. The molecule has 2 rings (SSSR count). The van der Waals surface area contributed by atoms with Gasteiger partial charge < -0.3 is 9.73 Å². The van der Waals surface area contributed by atoms with E-state index in [4.69, 9.17) is 4.42 Å². The molecule has 0 saturated heterocycles. The van der Waals surface area contributed by atoms with Crippen molar-refractivity contribution in [2.24, 2.45) is 0 Å². The van der Waals surface area contributed by atoms with E-state index in [1.54, 1.807) is 6.26 Å². The highest BCUT2D eigenvalue weighted by molar-refractivity contribution is 5.53. The molecule has 0 spiro atoms. The maximum absolute atomic E-state index is 5.51. The molecule has 0 fully saturated rings. The Kier molecular flexibility index (Phi) is 4.15. The normalized spacial score (nSPS) is 11.1. The second kappa shape index (κ2) is 5.83. The second-order valence-electron chi connectivity index (χ2n) is 4.73. The van der Waals surface area contributed by atoms with Gasteiger partial charge in [0.05, 0.1) is 5.69 Å². The molecule has 0 aliphatic rings. The van der Waals surface area contributed by atoms with Gasteiger partial charge in [0.2, 0.25) is 5.89 Å². The summed E-state index contributed by atoms with van der Waals surface area (Å²) in [5, 5.41) is 3.32. The fourth-order valence-electron chi connectivity index (χ4n) is 1.71. The maximum Gasteiger partial charge on any atom is 0.226 e. The first kappa shape index (κ1) is 12.8. The highest BCUT2D eigenvalue weighted by Gasteiger charge is 2.06. The first-order valence-electron chi connectivity index (χ1n) is 6.46. The Morgan fingerprint density at radius 3 is 2.56 bits per heavy atom. The minimum absolute atomic E-state index is 0.453. The number of rotatable bonds is 5. The van der Waals surface area contributed by atoms with Gasteiger partial charge >= 0.3 is 0 Å². The van der Waals surface area contributed by atoms with Crippen LogP contribution in [0, 0.1) is 0 Å². The van der Waals surface area contributed by atoms with Crippen molar-refractivity contribution in [2.75, 3.05) is 0 Å². The molecule has 0 bridgehead atoms. The number of nitrogens with one attached hydrogen (secondary N) is 1. The molecule has 3 heteroatoms. The molecule has 1 aromatic carbocycles. The van der Waals surface area contributed by atoms with Crippen molar-refractivity contribution in [3.63, 3.8) is 0 Å². The molecule has 0 unspecified atom stereocenters. The average molecular weight is 244 g/mol. The number of benzene rings is 1. The lowest BCUT2D eigenvalue weighted by atomic mass is 10.1. The molecule has 1 N–H and O–H groups in total. The van der Waals surface area contributed by atoms with E-state index in [1.807, 2.05) is 0 Å². The summed E-state index contributed by atoms with van der Waals surface area (Å²) >= 11 is 0. The third kappa shape index (κ3) is 3.20. The maximum atomic E-state index is 5.51. The Morgan fingerprint density at radius 2 is 1.94 bits per heavy atom. The van der Waals surface area contributed by atoms with Crippen LogP contribution in [0.2, 0.25) is 0 Å². The molecular formula is C15H20N2O. The van der Waals surface area contributed by atoms with Gasteiger partial charge in [-0.1, -0.05) is 32.9 Å². The highest BCUT2D eigenvalue weighted by Crippen LogP contribution is 2.19. The summed E-state index contributed by atoms with van der Waals surface area (Å²) in [6.45, 7) is 7.12. The molecule has 2 aromatic rings. The molecule has 0 atom stereocenters. The predicted octanol–water partition coefficient (Wildman–Crippen LogP) is 3.40. The van der Waals surface area contributed by atoms with Gasteiger partial charge in [0.1, 0.15) is 6.26 Å². The Balaban J connectivity index is 2.08. The smallest absolute Gasteiger partial charge is 0.226 e. The van der Waals surface area contributed by atoms with Crippen LogP contribution in [0.15, 0.2) is 34.9 Å². The standard InChI is InChI=1S/C15H20N2O/c1-4-12-5-7-13(8-6-12)15-17-14(10-18-15)9-16-11(2)3/h5-8,10-11,16H,4,9H2,1-3H3. The van der Waals surface area contributed by atoms with Crippen LogP contribution in [0.25, 0.3) is 11.5 Å². The molecule has 0 aliphatic heterocycles. The highest BCUT2D eigenvalue weighted by atomic mass is 16.3. The number of hydrogen-bond donors (Lipinski definition) is 1. The second-order valence-corrected chi connectivity index (χ2v) is 4.73. The Labute approximate surface area is 108 Å². The zero-order valence-corrected chi connectivity index (χ0v) is 11.2. The van der Waals surface area contributed by atoms with Crippen molar-refractivity contribution in [2.45, 2.75) is 39.8 Å². The number of oxazole rings is 1. The Hall–Kier alpha value is -1.61. The lowest BCUT2D eigenvalue weighted by Gasteiger charge is -2.04. The molecular weight excluding hydrogens is 224 g/mol. The number of nitrogens with zero attached hydrogens (tertiary/aromatic N) is 1. The zero-order chi connectivity index (χ0) is 13.0. The van der Waals surface area contributed by atoms with Crippen molar-refractivity contribution in [1.29, 1.82) is 0 Å². The summed E-state index contributed by atoms with van der Waals surface area (Å²) in [4.78, 5) is 4.48. The minimum atomic E-state index is 0.453. The molecule has 96 valence electrons. The lowest BCUT2D eigenvalue weighted by Crippen LogP contribution is -2.21. The molecule has 1 aromatic heterocycles. The SMILES string of the molecule is CCc1ccc(-c2nc(CNC(C)C)co2)cc1. The summed E-state index contributed by atoms with van der Waals surface area (Å²) in [5.74, 6) is 0.693. The molecule has 0 aliphatic carbocycles. The fourth-order valence-corrected chi connectivity index (χ4v) is 1.71.